The van der Waals surface area contributed by atoms with Gasteiger partial charge >= 0.3 is 0 Å². The van der Waals surface area contributed by atoms with Crippen molar-refractivity contribution in [1.82, 2.24) is 0 Å². The number of rotatable bonds is 5. The summed E-state index contributed by atoms with van der Waals surface area (Å²) in [5.41, 5.74) is 0. The van der Waals surface area contributed by atoms with Crippen molar-refractivity contribution in [2.45, 2.75) is 53.9 Å². The molecule has 0 heteroatoms. The highest BCUT2D eigenvalue weighted by molar-refractivity contribution is 4.87. The molecule has 78 valence electrons. The van der Waals surface area contributed by atoms with Crippen molar-refractivity contribution >= 4 is 0 Å². The zero-order valence-corrected chi connectivity index (χ0v) is 10.0. The van der Waals surface area contributed by atoms with Crippen molar-refractivity contribution in [3.63, 3.8) is 0 Å². The van der Waals surface area contributed by atoms with Gasteiger partial charge in [-0.1, -0.05) is 41.0 Å². The molecule has 0 aromatic heterocycles. The molecule has 1 aliphatic carbocycles. The monoisotopic (exact) mass is 182 g/mol. The molecule has 1 rings (SSSR count). The van der Waals surface area contributed by atoms with Crippen LogP contribution in [0.25, 0.3) is 0 Å². The van der Waals surface area contributed by atoms with Crippen LogP contribution >= 0.6 is 0 Å². The summed E-state index contributed by atoms with van der Waals surface area (Å²) in [6.07, 6.45) is 4.38. The minimum atomic E-state index is 0.873. The van der Waals surface area contributed by atoms with E-state index in [4.69, 9.17) is 0 Å². The average molecular weight is 182 g/mol. The first-order valence-electron chi connectivity index (χ1n) is 6.07. The molecule has 0 aromatic carbocycles. The summed E-state index contributed by atoms with van der Waals surface area (Å²) in [6, 6.07) is 0. The quantitative estimate of drug-likeness (QED) is 0.593. The fourth-order valence-electron chi connectivity index (χ4n) is 3.06. The second-order valence-corrected chi connectivity index (χ2v) is 5.47. The predicted octanol–water partition coefficient (Wildman–Crippen LogP) is 4.35. The molecule has 1 aliphatic rings. The maximum absolute atomic E-state index is 2.41. The Bertz CT molecular complexity index is 140. The molecular weight excluding hydrogens is 156 g/mol. The second kappa shape index (κ2) is 4.48. The lowest BCUT2D eigenvalue weighted by atomic mass is 9.73. The van der Waals surface area contributed by atoms with Gasteiger partial charge in [-0.05, 0) is 42.4 Å². The molecule has 0 N–H and O–H groups in total. The molecule has 0 saturated heterocycles. The predicted molar refractivity (Wildman–Crippen MR) is 59.7 cm³/mol. The van der Waals surface area contributed by atoms with Crippen molar-refractivity contribution in [1.29, 1.82) is 0 Å². The lowest BCUT2D eigenvalue weighted by molar-refractivity contribution is 0.165. The maximum Gasteiger partial charge on any atom is -0.0332 e. The molecule has 13 heavy (non-hydrogen) atoms. The van der Waals surface area contributed by atoms with Gasteiger partial charge in [-0.15, -0.1) is 0 Å². The first-order chi connectivity index (χ1) is 6.07. The molecule has 2 unspecified atom stereocenters. The third-order valence-electron chi connectivity index (χ3n) is 3.76. The standard InChI is InChI=1S/C13H26/c1-6-12(9(2)3)13(10(4)5)11-7-8-11/h9-13H,6-8H2,1-5H3. The molecule has 0 aliphatic heterocycles. The van der Waals surface area contributed by atoms with Crippen LogP contribution in [0.2, 0.25) is 0 Å². The van der Waals surface area contributed by atoms with E-state index in [1.54, 1.807) is 0 Å². The van der Waals surface area contributed by atoms with Crippen molar-refractivity contribution in [3.05, 3.63) is 0 Å². The van der Waals surface area contributed by atoms with Gasteiger partial charge in [-0.25, -0.2) is 0 Å². The van der Waals surface area contributed by atoms with Gasteiger partial charge in [-0.2, -0.15) is 0 Å². The van der Waals surface area contributed by atoms with Crippen LogP contribution in [0.3, 0.4) is 0 Å². The van der Waals surface area contributed by atoms with E-state index >= 15 is 0 Å². The molecule has 0 aromatic rings. The molecular formula is C13H26. The van der Waals surface area contributed by atoms with Gasteiger partial charge in [0.05, 0.1) is 0 Å². The van der Waals surface area contributed by atoms with Crippen LogP contribution in [-0.2, 0) is 0 Å². The second-order valence-electron chi connectivity index (χ2n) is 5.47. The van der Waals surface area contributed by atoms with Crippen LogP contribution in [-0.4, -0.2) is 0 Å². The van der Waals surface area contributed by atoms with E-state index < -0.39 is 0 Å². The highest BCUT2D eigenvalue weighted by atomic mass is 14.4. The fraction of sp³-hybridized carbons (Fsp3) is 1.00. The highest BCUT2D eigenvalue weighted by Crippen LogP contribution is 2.47. The molecule has 0 bridgehead atoms. The molecule has 0 amide bonds. The maximum atomic E-state index is 2.41. The van der Waals surface area contributed by atoms with Gasteiger partial charge in [0.1, 0.15) is 0 Å². The summed E-state index contributed by atoms with van der Waals surface area (Å²) >= 11 is 0. The Morgan fingerprint density at radius 2 is 1.54 bits per heavy atom. The van der Waals surface area contributed by atoms with Gasteiger partial charge in [-0.3, -0.25) is 0 Å². The third kappa shape index (κ3) is 2.72. The summed E-state index contributed by atoms with van der Waals surface area (Å²) < 4.78 is 0. The van der Waals surface area contributed by atoms with Gasteiger partial charge in [0, 0.05) is 0 Å². The number of hydrogen-bond acceptors (Lipinski definition) is 0. The van der Waals surface area contributed by atoms with E-state index in [2.05, 4.69) is 34.6 Å². The first-order valence-corrected chi connectivity index (χ1v) is 6.07. The molecule has 2 atom stereocenters. The summed E-state index contributed by atoms with van der Waals surface area (Å²) in [5, 5.41) is 0. The van der Waals surface area contributed by atoms with Crippen LogP contribution in [0.15, 0.2) is 0 Å². The molecule has 1 saturated carbocycles. The Hall–Kier alpha value is 0. The van der Waals surface area contributed by atoms with E-state index in [0.717, 1.165) is 29.6 Å². The molecule has 1 fully saturated rings. The highest BCUT2D eigenvalue weighted by Gasteiger charge is 2.38. The van der Waals surface area contributed by atoms with Gasteiger partial charge in [0.2, 0.25) is 0 Å². The zero-order valence-electron chi connectivity index (χ0n) is 10.0. The Balaban J connectivity index is 2.59. The molecule has 0 spiro atoms. The van der Waals surface area contributed by atoms with Crippen LogP contribution < -0.4 is 0 Å². The summed E-state index contributed by atoms with van der Waals surface area (Å²) in [4.78, 5) is 0. The third-order valence-corrected chi connectivity index (χ3v) is 3.76. The Morgan fingerprint density at radius 1 is 1.00 bits per heavy atom. The smallest absolute Gasteiger partial charge is 0.0332 e. The van der Waals surface area contributed by atoms with E-state index in [0.29, 0.717) is 0 Å². The summed E-state index contributed by atoms with van der Waals surface area (Å²) in [5.74, 6) is 4.81. The van der Waals surface area contributed by atoms with Gasteiger partial charge in [0.25, 0.3) is 0 Å². The number of hydrogen-bond donors (Lipinski definition) is 0. The molecule has 0 heterocycles. The van der Waals surface area contributed by atoms with Crippen molar-refractivity contribution in [2.24, 2.45) is 29.6 Å². The average Bonchev–Trinajstić information content (AvgIpc) is 2.80. The fourth-order valence-corrected chi connectivity index (χ4v) is 3.06. The Kier molecular flexibility index (Phi) is 3.82. The van der Waals surface area contributed by atoms with Crippen LogP contribution in [0.5, 0.6) is 0 Å². The van der Waals surface area contributed by atoms with Crippen molar-refractivity contribution in [3.8, 4) is 0 Å². The van der Waals surface area contributed by atoms with E-state index in [-0.39, 0.29) is 0 Å². The van der Waals surface area contributed by atoms with E-state index in [9.17, 15) is 0 Å². The SMILES string of the molecule is CCC(C(C)C)C(C(C)C)C1CC1. The lowest BCUT2D eigenvalue weighted by Gasteiger charge is -2.32. The lowest BCUT2D eigenvalue weighted by Crippen LogP contribution is -2.25. The first kappa shape index (κ1) is 11.1. The van der Waals surface area contributed by atoms with Crippen molar-refractivity contribution < 1.29 is 0 Å². The minimum absolute atomic E-state index is 0.873. The van der Waals surface area contributed by atoms with Crippen LogP contribution in [0.4, 0.5) is 0 Å². The van der Waals surface area contributed by atoms with Gasteiger partial charge < -0.3 is 0 Å². The summed E-state index contributed by atoms with van der Waals surface area (Å²) in [7, 11) is 0. The van der Waals surface area contributed by atoms with Crippen molar-refractivity contribution in [2.75, 3.05) is 0 Å². The summed E-state index contributed by atoms with van der Waals surface area (Å²) in [6.45, 7) is 12.0. The van der Waals surface area contributed by atoms with Crippen LogP contribution in [0.1, 0.15) is 53.9 Å². The van der Waals surface area contributed by atoms with E-state index in [1.807, 2.05) is 0 Å². The minimum Gasteiger partial charge on any atom is -0.0651 e. The topological polar surface area (TPSA) is 0 Å². The molecule has 0 radical (unpaired) electrons. The zero-order chi connectivity index (χ0) is 10.0. The Morgan fingerprint density at radius 3 is 1.77 bits per heavy atom. The molecule has 0 nitrogen and oxygen atoms in total. The van der Waals surface area contributed by atoms with E-state index in [1.165, 1.54) is 19.3 Å². The van der Waals surface area contributed by atoms with Gasteiger partial charge in [0.15, 0.2) is 0 Å². The Labute approximate surface area is 84.1 Å². The largest absolute Gasteiger partial charge is 0.0651 e. The normalized spacial score (nSPS) is 22.4. The van der Waals surface area contributed by atoms with Crippen LogP contribution in [0, 0.1) is 29.6 Å².